The largest absolute Gasteiger partial charge is 0.305 e. The number of aryl methyl sites for hydroxylation is 1. The van der Waals surface area contributed by atoms with Gasteiger partial charge in [0.1, 0.15) is 6.10 Å². The fraction of sp³-hybridized carbons (Fsp3) is 0.150. The molecule has 0 amide bonds. The number of hydrogen-bond acceptors (Lipinski definition) is 3. The van der Waals surface area contributed by atoms with Gasteiger partial charge in [0.25, 0.3) is 5.56 Å². The van der Waals surface area contributed by atoms with Gasteiger partial charge < -0.3 is 4.57 Å². The fourth-order valence-electron chi connectivity index (χ4n) is 3.14. The van der Waals surface area contributed by atoms with Gasteiger partial charge in [0.05, 0.1) is 17.8 Å². The van der Waals surface area contributed by atoms with Gasteiger partial charge in [-0.2, -0.15) is 0 Å². The molecule has 5 heteroatoms. The number of halogens is 1. The molecule has 1 N–H and O–H groups in total. The SMILES string of the molecule is Cc1cc(=O)n(C[C@@H]2C=C(c3ccc(Br)cc3)NO2)c2ccccc12. The Labute approximate surface area is 153 Å². The maximum atomic E-state index is 12.5. The summed E-state index contributed by atoms with van der Waals surface area (Å²) in [5, 5.41) is 1.09. The van der Waals surface area contributed by atoms with Gasteiger partial charge in [-0.3, -0.25) is 15.1 Å². The van der Waals surface area contributed by atoms with Crippen molar-refractivity contribution in [3.05, 3.63) is 86.6 Å². The molecule has 3 aromatic rings. The Morgan fingerprint density at radius 2 is 1.92 bits per heavy atom. The standard InChI is InChI=1S/C20H17BrN2O2/c1-13-10-20(24)23(19-5-3-2-4-17(13)19)12-16-11-18(22-25-16)14-6-8-15(21)9-7-14/h2-11,16,22H,12H2,1H3/t16-/m0/s1. The summed E-state index contributed by atoms with van der Waals surface area (Å²) in [6.07, 6.45) is 1.81. The Hall–Kier alpha value is -2.37. The predicted molar refractivity (Wildman–Crippen MR) is 103 cm³/mol. The van der Waals surface area contributed by atoms with Crippen molar-refractivity contribution in [3.63, 3.8) is 0 Å². The second-order valence-corrected chi connectivity index (χ2v) is 7.05. The molecule has 2 aromatic carbocycles. The minimum absolute atomic E-state index is 0.00899. The Morgan fingerprint density at radius 3 is 2.72 bits per heavy atom. The molecule has 0 radical (unpaired) electrons. The van der Waals surface area contributed by atoms with Crippen LogP contribution in [-0.4, -0.2) is 10.7 Å². The van der Waals surface area contributed by atoms with Crippen molar-refractivity contribution in [1.29, 1.82) is 0 Å². The average Bonchev–Trinajstić information content (AvgIpc) is 3.08. The number of fused-ring (bicyclic) bond motifs is 1. The van der Waals surface area contributed by atoms with Crippen LogP contribution in [0.15, 0.2) is 69.9 Å². The van der Waals surface area contributed by atoms with Crippen molar-refractivity contribution >= 4 is 32.5 Å². The van der Waals surface area contributed by atoms with E-state index in [1.165, 1.54) is 0 Å². The highest BCUT2D eigenvalue weighted by Gasteiger charge is 2.19. The molecule has 2 heterocycles. The first kappa shape index (κ1) is 16.1. The number of nitrogens with one attached hydrogen (secondary N) is 1. The van der Waals surface area contributed by atoms with Gasteiger partial charge >= 0.3 is 0 Å². The van der Waals surface area contributed by atoms with E-state index >= 15 is 0 Å². The summed E-state index contributed by atoms with van der Waals surface area (Å²) in [5.74, 6) is 0. The summed E-state index contributed by atoms with van der Waals surface area (Å²) in [7, 11) is 0. The van der Waals surface area contributed by atoms with Gasteiger partial charge in [0, 0.05) is 15.9 Å². The highest BCUT2D eigenvalue weighted by atomic mass is 79.9. The summed E-state index contributed by atoms with van der Waals surface area (Å²) in [4.78, 5) is 18.2. The Balaban J connectivity index is 1.66. The minimum atomic E-state index is -0.206. The van der Waals surface area contributed by atoms with Crippen LogP contribution in [0.4, 0.5) is 0 Å². The Bertz CT molecular complexity index is 1020. The molecule has 0 aliphatic carbocycles. The zero-order chi connectivity index (χ0) is 17.4. The van der Waals surface area contributed by atoms with Crippen LogP contribution in [0.1, 0.15) is 11.1 Å². The summed E-state index contributed by atoms with van der Waals surface area (Å²) in [5.41, 5.74) is 6.86. The number of para-hydroxylation sites is 1. The van der Waals surface area contributed by atoms with Crippen molar-refractivity contribution < 1.29 is 4.84 Å². The van der Waals surface area contributed by atoms with Crippen molar-refractivity contribution in [2.75, 3.05) is 0 Å². The average molecular weight is 397 g/mol. The molecule has 4 nitrogen and oxygen atoms in total. The van der Waals surface area contributed by atoms with Gasteiger partial charge in [-0.15, -0.1) is 0 Å². The van der Waals surface area contributed by atoms with Crippen LogP contribution in [0, 0.1) is 6.92 Å². The van der Waals surface area contributed by atoms with E-state index in [1.54, 1.807) is 10.6 Å². The number of hydroxylamine groups is 1. The van der Waals surface area contributed by atoms with Crippen LogP contribution < -0.4 is 11.0 Å². The monoisotopic (exact) mass is 396 g/mol. The number of nitrogens with zero attached hydrogens (tertiary/aromatic N) is 1. The quantitative estimate of drug-likeness (QED) is 0.726. The Kier molecular flexibility index (Phi) is 4.19. The van der Waals surface area contributed by atoms with Crippen molar-refractivity contribution in [1.82, 2.24) is 10.0 Å². The lowest BCUT2D eigenvalue weighted by Gasteiger charge is -2.14. The summed E-state index contributed by atoms with van der Waals surface area (Å²) >= 11 is 3.44. The number of benzene rings is 2. The van der Waals surface area contributed by atoms with Crippen LogP contribution in [0.25, 0.3) is 16.6 Å². The number of aromatic nitrogens is 1. The molecule has 0 unspecified atom stereocenters. The lowest BCUT2D eigenvalue weighted by molar-refractivity contribution is 0.0419. The van der Waals surface area contributed by atoms with Gasteiger partial charge in [0.15, 0.2) is 0 Å². The summed E-state index contributed by atoms with van der Waals surface area (Å²) < 4.78 is 2.81. The summed E-state index contributed by atoms with van der Waals surface area (Å²) in [6, 6.07) is 17.7. The predicted octanol–water partition coefficient (Wildman–Crippen LogP) is 4.02. The van der Waals surface area contributed by atoms with Crippen LogP contribution in [0.3, 0.4) is 0 Å². The molecule has 1 atom stereocenters. The molecule has 25 heavy (non-hydrogen) atoms. The maximum absolute atomic E-state index is 12.5. The molecule has 0 spiro atoms. The number of hydrogen-bond donors (Lipinski definition) is 1. The smallest absolute Gasteiger partial charge is 0.251 e. The van der Waals surface area contributed by atoms with Crippen molar-refractivity contribution in [2.24, 2.45) is 0 Å². The molecule has 1 aliphatic rings. The molecule has 1 aliphatic heterocycles. The highest BCUT2D eigenvalue weighted by molar-refractivity contribution is 9.10. The Morgan fingerprint density at radius 1 is 1.16 bits per heavy atom. The molecule has 0 fully saturated rings. The van der Waals surface area contributed by atoms with E-state index in [0.717, 1.165) is 32.2 Å². The van der Waals surface area contributed by atoms with Crippen LogP contribution >= 0.6 is 15.9 Å². The molecule has 1 aromatic heterocycles. The zero-order valence-electron chi connectivity index (χ0n) is 13.7. The van der Waals surface area contributed by atoms with E-state index in [-0.39, 0.29) is 11.7 Å². The molecule has 0 saturated heterocycles. The first-order valence-electron chi connectivity index (χ1n) is 8.10. The van der Waals surface area contributed by atoms with Gasteiger partial charge in [-0.05, 0) is 42.3 Å². The topological polar surface area (TPSA) is 43.3 Å². The number of pyridine rings is 1. The van der Waals surface area contributed by atoms with Crippen LogP contribution in [0.5, 0.6) is 0 Å². The first-order chi connectivity index (χ1) is 12.1. The van der Waals surface area contributed by atoms with E-state index in [2.05, 4.69) is 21.4 Å². The van der Waals surface area contributed by atoms with E-state index < -0.39 is 0 Å². The van der Waals surface area contributed by atoms with E-state index in [9.17, 15) is 4.79 Å². The minimum Gasteiger partial charge on any atom is -0.305 e. The first-order valence-corrected chi connectivity index (χ1v) is 8.90. The molecule has 126 valence electrons. The van der Waals surface area contributed by atoms with E-state index in [0.29, 0.717) is 6.54 Å². The van der Waals surface area contributed by atoms with Crippen LogP contribution in [-0.2, 0) is 11.4 Å². The maximum Gasteiger partial charge on any atom is 0.251 e. The summed E-state index contributed by atoms with van der Waals surface area (Å²) in [6.45, 7) is 2.43. The third-order valence-electron chi connectivity index (χ3n) is 4.42. The second kappa shape index (κ2) is 6.50. The second-order valence-electron chi connectivity index (χ2n) is 6.14. The number of rotatable bonds is 3. The molecule has 0 bridgehead atoms. The van der Waals surface area contributed by atoms with E-state index in [4.69, 9.17) is 4.84 Å². The normalized spacial score (nSPS) is 16.7. The van der Waals surface area contributed by atoms with Crippen molar-refractivity contribution in [2.45, 2.75) is 19.6 Å². The van der Waals surface area contributed by atoms with Gasteiger partial charge in [0.2, 0.25) is 0 Å². The lowest BCUT2D eigenvalue weighted by atomic mass is 10.1. The third kappa shape index (κ3) is 3.13. The zero-order valence-corrected chi connectivity index (χ0v) is 15.3. The molecule has 4 rings (SSSR count). The highest BCUT2D eigenvalue weighted by Crippen LogP contribution is 2.22. The molecular formula is C20H17BrN2O2. The molecular weight excluding hydrogens is 380 g/mol. The van der Waals surface area contributed by atoms with Gasteiger partial charge in [-0.25, -0.2) is 0 Å². The van der Waals surface area contributed by atoms with Crippen LogP contribution in [0.2, 0.25) is 0 Å². The fourth-order valence-corrected chi connectivity index (χ4v) is 3.40. The molecule has 0 saturated carbocycles. The lowest BCUT2D eigenvalue weighted by Crippen LogP contribution is -2.27. The third-order valence-corrected chi connectivity index (χ3v) is 4.94. The van der Waals surface area contributed by atoms with E-state index in [1.807, 2.05) is 61.5 Å². The van der Waals surface area contributed by atoms with Gasteiger partial charge in [-0.1, -0.05) is 46.3 Å². The van der Waals surface area contributed by atoms with Crippen molar-refractivity contribution in [3.8, 4) is 0 Å².